The van der Waals surface area contributed by atoms with E-state index in [0.29, 0.717) is 11.2 Å². The second-order valence-electron chi connectivity index (χ2n) is 5.60. The summed E-state index contributed by atoms with van der Waals surface area (Å²) >= 11 is 5.04. The summed E-state index contributed by atoms with van der Waals surface area (Å²) in [4.78, 5) is 26.5. The molecule has 4 rings (SSSR count). The molecule has 6 heteroatoms. The zero-order valence-corrected chi connectivity index (χ0v) is 15.8. The molecule has 0 radical (unpaired) electrons. The number of benzene rings is 1. The molecular formula is C19H14BrN3OS. The van der Waals surface area contributed by atoms with Crippen LogP contribution in [0.25, 0.3) is 32.7 Å². The molecular weight excluding hydrogens is 398 g/mol. The van der Waals surface area contributed by atoms with Gasteiger partial charge in [0.2, 0.25) is 0 Å². The van der Waals surface area contributed by atoms with Gasteiger partial charge in [-0.2, -0.15) is 0 Å². The molecule has 0 aliphatic carbocycles. The van der Waals surface area contributed by atoms with Crippen molar-refractivity contribution in [3.8, 4) is 22.5 Å². The van der Waals surface area contributed by atoms with Crippen molar-refractivity contribution in [1.29, 1.82) is 0 Å². The Morgan fingerprint density at radius 1 is 1.16 bits per heavy atom. The van der Waals surface area contributed by atoms with Gasteiger partial charge in [-0.3, -0.25) is 9.78 Å². The largest absolute Gasteiger partial charge is 0.306 e. The number of nitrogens with zero attached hydrogens (tertiary/aromatic N) is 2. The van der Waals surface area contributed by atoms with E-state index < -0.39 is 0 Å². The van der Waals surface area contributed by atoms with Crippen molar-refractivity contribution < 1.29 is 0 Å². The Balaban J connectivity index is 1.98. The molecule has 25 heavy (non-hydrogen) atoms. The highest BCUT2D eigenvalue weighted by Gasteiger charge is 2.18. The number of aromatic amines is 1. The molecule has 1 N–H and O–H groups in total. The van der Waals surface area contributed by atoms with Gasteiger partial charge in [0.25, 0.3) is 5.56 Å². The number of fused-ring (bicyclic) bond motifs is 1. The van der Waals surface area contributed by atoms with Crippen molar-refractivity contribution in [2.75, 3.05) is 0 Å². The molecule has 4 aromatic rings. The number of pyridine rings is 1. The SMILES string of the molecule is CCc1sc2nc(-c3cccnc3)[nH]c(=O)c2c1-c1ccc(Br)cc1. The van der Waals surface area contributed by atoms with Gasteiger partial charge in [0.1, 0.15) is 10.7 Å². The van der Waals surface area contributed by atoms with Crippen LogP contribution in [0.15, 0.2) is 58.1 Å². The molecule has 0 aliphatic rings. The highest BCUT2D eigenvalue weighted by Crippen LogP contribution is 2.37. The zero-order valence-electron chi connectivity index (χ0n) is 13.4. The average Bonchev–Trinajstić information content (AvgIpc) is 3.02. The van der Waals surface area contributed by atoms with E-state index in [1.807, 2.05) is 36.4 Å². The number of halogens is 1. The third-order valence-corrected chi connectivity index (χ3v) is 5.78. The van der Waals surface area contributed by atoms with E-state index in [9.17, 15) is 4.79 Å². The normalized spacial score (nSPS) is 11.1. The molecule has 124 valence electrons. The first-order chi connectivity index (χ1) is 12.2. The van der Waals surface area contributed by atoms with Crippen molar-refractivity contribution in [3.63, 3.8) is 0 Å². The minimum absolute atomic E-state index is 0.113. The van der Waals surface area contributed by atoms with Crippen molar-refractivity contribution in [3.05, 3.63) is 68.5 Å². The number of rotatable bonds is 3. The van der Waals surface area contributed by atoms with Gasteiger partial charge in [0, 0.05) is 32.9 Å². The lowest BCUT2D eigenvalue weighted by Gasteiger charge is -2.04. The van der Waals surface area contributed by atoms with Gasteiger partial charge in [0.05, 0.1) is 5.39 Å². The molecule has 0 unspecified atom stereocenters. The van der Waals surface area contributed by atoms with Crippen molar-refractivity contribution in [2.24, 2.45) is 0 Å². The van der Waals surface area contributed by atoms with Crippen molar-refractivity contribution in [1.82, 2.24) is 15.0 Å². The zero-order chi connectivity index (χ0) is 17.4. The summed E-state index contributed by atoms with van der Waals surface area (Å²) in [6, 6.07) is 11.8. The van der Waals surface area contributed by atoms with Crippen LogP contribution in [0, 0.1) is 0 Å². The Morgan fingerprint density at radius 3 is 2.64 bits per heavy atom. The first-order valence-corrected chi connectivity index (χ1v) is 9.50. The molecule has 4 nitrogen and oxygen atoms in total. The lowest BCUT2D eigenvalue weighted by Crippen LogP contribution is -2.09. The van der Waals surface area contributed by atoms with Gasteiger partial charge >= 0.3 is 0 Å². The standard InChI is InChI=1S/C19H14BrN3OS/c1-2-14-15(11-5-7-13(20)8-6-11)16-18(24)22-17(23-19(16)25-14)12-4-3-9-21-10-12/h3-10H,2H2,1H3,(H,22,23,24). The molecule has 0 aliphatic heterocycles. The van der Waals surface area contributed by atoms with Crippen LogP contribution in [-0.2, 0) is 6.42 Å². The maximum atomic E-state index is 12.8. The summed E-state index contributed by atoms with van der Waals surface area (Å²) in [5.74, 6) is 0.553. The smallest absolute Gasteiger partial charge is 0.260 e. The number of aromatic nitrogens is 3. The van der Waals surface area contributed by atoms with Crippen molar-refractivity contribution in [2.45, 2.75) is 13.3 Å². The highest BCUT2D eigenvalue weighted by molar-refractivity contribution is 9.10. The van der Waals surface area contributed by atoms with E-state index >= 15 is 0 Å². The molecule has 3 aromatic heterocycles. The molecule has 0 bridgehead atoms. The summed E-state index contributed by atoms with van der Waals surface area (Å²) < 4.78 is 1.01. The van der Waals surface area contributed by atoms with Gasteiger partial charge < -0.3 is 4.98 Å². The topological polar surface area (TPSA) is 58.6 Å². The Labute approximate surface area is 156 Å². The number of nitrogens with one attached hydrogen (secondary N) is 1. The van der Waals surface area contributed by atoms with E-state index in [2.05, 4.69) is 32.8 Å². The van der Waals surface area contributed by atoms with Crippen LogP contribution in [0.5, 0.6) is 0 Å². The minimum atomic E-state index is -0.113. The Hall–Kier alpha value is -2.31. The fraction of sp³-hybridized carbons (Fsp3) is 0.105. The molecule has 0 spiro atoms. The summed E-state index contributed by atoms with van der Waals surface area (Å²) in [5.41, 5.74) is 2.71. The predicted octanol–water partition coefficient (Wildman–Crippen LogP) is 5.04. The van der Waals surface area contributed by atoms with Crippen LogP contribution in [-0.4, -0.2) is 15.0 Å². The van der Waals surface area contributed by atoms with Crippen LogP contribution in [0.2, 0.25) is 0 Å². The maximum Gasteiger partial charge on any atom is 0.260 e. The summed E-state index contributed by atoms with van der Waals surface area (Å²) in [6.07, 6.45) is 4.26. The number of aryl methyl sites for hydroxylation is 1. The van der Waals surface area contributed by atoms with Gasteiger partial charge in [0.15, 0.2) is 0 Å². The first-order valence-electron chi connectivity index (χ1n) is 7.89. The first kappa shape index (κ1) is 16.2. The quantitative estimate of drug-likeness (QED) is 0.513. The highest BCUT2D eigenvalue weighted by atomic mass is 79.9. The van der Waals surface area contributed by atoms with Crippen LogP contribution in [0.3, 0.4) is 0 Å². The summed E-state index contributed by atoms with van der Waals surface area (Å²) in [5, 5.41) is 0.664. The third kappa shape index (κ3) is 2.92. The van der Waals surface area contributed by atoms with Crippen LogP contribution >= 0.6 is 27.3 Å². The summed E-state index contributed by atoms with van der Waals surface area (Å²) in [7, 11) is 0. The van der Waals surface area contributed by atoms with Gasteiger partial charge in [-0.1, -0.05) is 35.0 Å². The van der Waals surface area contributed by atoms with Crippen molar-refractivity contribution >= 4 is 37.5 Å². The van der Waals surface area contributed by atoms with Gasteiger partial charge in [-0.25, -0.2) is 4.98 Å². The summed E-state index contributed by atoms with van der Waals surface area (Å²) in [6.45, 7) is 2.10. The molecule has 0 fully saturated rings. The monoisotopic (exact) mass is 411 g/mol. The number of thiophene rings is 1. The second kappa shape index (κ2) is 6.54. The number of hydrogen-bond acceptors (Lipinski definition) is 4. The lowest BCUT2D eigenvalue weighted by molar-refractivity contribution is 1.17. The molecule has 1 aromatic carbocycles. The number of H-pyrrole nitrogens is 1. The van der Waals surface area contributed by atoms with E-state index in [1.165, 1.54) is 4.88 Å². The van der Waals surface area contributed by atoms with E-state index in [1.54, 1.807) is 23.7 Å². The predicted molar refractivity (Wildman–Crippen MR) is 106 cm³/mol. The van der Waals surface area contributed by atoms with Gasteiger partial charge in [-0.15, -0.1) is 11.3 Å². The molecule has 3 heterocycles. The number of hydrogen-bond donors (Lipinski definition) is 1. The minimum Gasteiger partial charge on any atom is -0.306 e. The Kier molecular flexibility index (Phi) is 4.23. The van der Waals surface area contributed by atoms with E-state index in [4.69, 9.17) is 4.98 Å². The average molecular weight is 412 g/mol. The Bertz CT molecular complexity index is 1100. The van der Waals surface area contributed by atoms with E-state index in [-0.39, 0.29) is 5.56 Å². The third-order valence-electron chi connectivity index (χ3n) is 4.02. The fourth-order valence-corrected chi connectivity index (χ4v) is 4.26. The second-order valence-corrected chi connectivity index (χ2v) is 7.60. The maximum absolute atomic E-state index is 12.8. The fourth-order valence-electron chi connectivity index (χ4n) is 2.86. The molecule has 0 saturated carbocycles. The van der Waals surface area contributed by atoms with Crippen LogP contribution in [0.4, 0.5) is 0 Å². The molecule has 0 saturated heterocycles. The lowest BCUT2D eigenvalue weighted by atomic mass is 10.0. The van der Waals surface area contributed by atoms with Crippen LogP contribution < -0.4 is 5.56 Å². The molecule has 0 amide bonds. The van der Waals surface area contributed by atoms with Gasteiger partial charge in [-0.05, 0) is 36.2 Å². The Morgan fingerprint density at radius 2 is 1.96 bits per heavy atom. The van der Waals surface area contributed by atoms with Crippen LogP contribution in [0.1, 0.15) is 11.8 Å². The molecule has 0 atom stereocenters. The van der Waals surface area contributed by atoms with E-state index in [0.717, 1.165) is 32.4 Å².